The minimum atomic E-state index is -0.928. The van der Waals surface area contributed by atoms with Crippen molar-refractivity contribution < 1.29 is 24.2 Å². The normalized spacial score (nSPS) is 40.7. The highest BCUT2D eigenvalue weighted by Crippen LogP contribution is 2.67. The van der Waals surface area contributed by atoms with Gasteiger partial charge in [0.05, 0.1) is 6.10 Å². The van der Waals surface area contributed by atoms with Crippen LogP contribution in [-0.4, -0.2) is 45.3 Å². The number of alkyl carbamates (subject to hydrolysis) is 1. The maximum absolute atomic E-state index is 13.4. The minimum Gasteiger partial charge on any atom is -0.445 e. The lowest BCUT2D eigenvalue weighted by Crippen LogP contribution is -2.63. The van der Waals surface area contributed by atoms with Crippen LogP contribution in [0.2, 0.25) is 0 Å². The number of amides is 2. The molecule has 3 aliphatic carbocycles. The number of nitrogen functional groups attached to an aromatic ring is 1. The smallest absolute Gasteiger partial charge is 0.414 e. The summed E-state index contributed by atoms with van der Waals surface area (Å²) >= 11 is 0. The van der Waals surface area contributed by atoms with Crippen molar-refractivity contribution >= 4 is 23.6 Å². The zero-order valence-electron chi connectivity index (χ0n) is 20.9. The predicted molar refractivity (Wildman–Crippen MR) is 129 cm³/mol. The Morgan fingerprint density at radius 2 is 1.97 bits per heavy atom. The zero-order valence-corrected chi connectivity index (χ0v) is 20.9. The molecule has 2 amide bonds. The lowest BCUT2D eigenvalue weighted by atomic mass is 9.44. The summed E-state index contributed by atoms with van der Waals surface area (Å²) in [5, 5.41) is 21.1. The molecule has 9 heteroatoms. The Balaban J connectivity index is 1.70. The second-order valence-electron chi connectivity index (χ2n) is 11.3. The molecule has 0 unspecified atom stereocenters. The topological polar surface area (TPSA) is 144 Å². The van der Waals surface area contributed by atoms with E-state index in [1.807, 2.05) is 13.8 Å². The number of aliphatic hydroxyl groups is 1. The predicted octanol–water partition coefficient (Wildman–Crippen LogP) is 3.29. The molecular formula is C26H36N4O5. The third-order valence-corrected chi connectivity index (χ3v) is 9.68. The highest BCUT2D eigenvalue weighted by Gasteiger charge is 2.68. The van der Waals surface area contributed by atoms with Crippen molar-refractivity contribution in [2.24, 2.45) is 34.0 Å². The molecule has 3 aliphatic rings. The molecule has 1 aromatic rings. The summed E-state index contributed by atoms with van der Waals surface area (Å²) < 4.78 is 5.98. The quantitative estimate of drug-likeness (QED) is 0.554. The van der Waals surface area contributed by atoms with Crippen LogP contribution in [0.5, 0.6) is 0 Å². The first-order valence-corrected chi connectivity index (χ1v) is 12.3. The van der Waals surface area contributed by atoms with Crippen molar-refractivity contribution in [2.45, 2.75) is 72.0 Å². The second-order valence-corrected chi connectivity index (χ2v) is 11.3. The van der Waals surface area contributed by atoms with Crippen molar-refractivity contribution in [3.63, 3.8) is 0 Å². The Morgan fingerprint density at radius 1 is 1.26 bits per heavy atom. The highest BCUT2D eigenvalue weighted by atomic mass is 16.6. The number of hydrogen-bond acceptors (Lipinski definition) is 8. The summed E-state index contributed by atoms with van der Waals surface area (Å²) in [6.45, 7) is 12.1. The highest BCUT2D eigenvalue weighted by molar-refractivity contribution is 6.01. The maximum Gasteiger partial charge on any atom is 0.414 e. The van der Waals surface area contributed by atoms with Gasteiger partial charge in [-0.15, -0.1) is 16.8 Å². The molecule has 8 atom stereocenters. The van der Waals surface area contributed by atoms with Crippen LogP contribution in [0.15, 0.2) is 24.8 Å². The Hall–Kier alpha value is -2.81. The molecule has 2 bridgehead atoms. The first-order valence-electron chi connectivity index (χ1n) is 12.3. The van der Waals surface area contributed by atoms with Crippen LogP contribution in [0.1, 0.15) is 70.3 Å². The van der Waals surface area contributed by atoms with Crippen molar-refractivity contribution in [3.8, 4) is 0 Å². The average molecular weight is 485 g/mol. The standard InChI is InChI=1S/C26H36N4O5/c1-6-24(4)13-18(35-23(34)28-22(33)16-7-8-19(27)30-29-16)25(5)14(2)9-11-26(15(3)21(24)32)12-10-17(31)20(25)26/h6-8,14-15,18,20-21,32H,1,9-13H2,2-5H3,(H2,27,30)(H,28,33,34)/t14-,15+,18-,20+,21+,24-,25+,26+/m1/s1. The molecule has 1 aromatic heterocycles. The van der Waals surface area contributed by atoms with Gasteiger partial charge in [-0.05, 0) is 55.1 Å². The number of nitrogens with two attached hydrogens (primary N) is 1. The molecule has 0 radical (unpaired) electrons. The number of nitrogens with zero attached hydrogens (tertiary/aromatic N) is 2. The van der Waals surface area contributed by atoms with E-state index in [9.17, 15) is 19.5 Å². The van der Waals surface area contributed by atoms with Crippen LogP contribution in [0.3, 0.4) is 0 Å². The fourth-order valence-corrected chi connectivity index (χ4v) is 7.28. The van der Waals surface area contributed by atoms with E-state index in [1.54, 1.807) is 6.08 Å². The number of nitrogens with one attached hydrogen (secondary N) is 1. The van der Waals surface area contributed by atoms with Gasteiger partial charge in [0.2, 0.25) is 0 Å². The summed E-state index contributed by atoms with van der Waals surface area (Å²) in [5.41, 5.74) is 3.66. The second kappa shape index (κ2) is 8.69. The SMILES string of the molecule is C=C[C@]1(C)C[C@@H](OC(=O)NC(=O)c2ccc(N)nn2)[C@]2(C)[C@H](C)CC[C@]3(CCC(=O)[C@H]32)[C@@H](C)[C@@H]1O. The third-order valence-electron chi connectivity index (χ3n) is 9.68. The Labute approximate surface area is 205 Å². The minimum absolute atomic E-state index is 0.0729. The van der Waals surface area contributed by atoms with Crippen LogP contribution < -0.4 is 11.1 Å². The average Bonchev–Trinajstić information content (AvgIpc) is 3.18. The molecule has 0 saturated heterocycles. The maximum atomic E-state index is 13.4. The Kier molecular flexibility index (Phi) is 6.28. The fourth-order valence-electron chi connectivity index (χ4n) is 7.28. The van der Waals surface area contributed by atoms with E-state index in [-0.39, 0.29) is 46.9 Å². The number of ketones is 1. The largest absolute Gasteiger partial charge is 0.445 e. The summed E-state index contributed by atoms with van der Waals surface area (Å²) in [6, 6.07) is 2.78. The third kappa shape index (κ3) is 3.84. The van der Waals surface area contributed by atoms with Gasteiger partial charge in [-0.3, -0.25) is 14.9 Å². The molecular weight excluding hydrogens is 448 g/mol. The summed E-state index contributed by atoms with van der Waals surface area (Å²) in [6.07, 6.45) is 2.50. The van der Waals surface area contributed by atoms with Gasteiger partial charge in [-0.2, -0.15) is 0 Å². The molecule has 4 rings (SSSR count). The van der Waals surface area contributed by atoms with E-state index in [4.69, 9.17) is 10.5 Å². The molecule has 9 nitrogen and oxygen atoms in total. The molecule has 0 aliphatic heterocycles. The van der Waals surface area contributed by atoms with Gasteiger partial charge in [0.1, 0.15) is 17.7 Å². The van der Waals surface area contributed by atoms with E-state index in [0.29, 0.717) is 6.42 Å². The van der Waals surface area contributed by atoms with Gasteiger partial charge in [0.25, 0.3) is 5.91 Å². The van der Waals surface area contributed by atoms with Gasteiger partial charge in [0, 0.05) is 23.2 Å². The number of anilines is 1. The van der Waals surface area contributed by atoms with Crippen LogP contribution in [0.4, 0.5) is 10.6 Å². The molecule has 35 heavy (non-hydrogen) atoms. The van der Waals surface area contributed by atoms with Gasteiger partial charge in [-0.25, -0.2) is 4.79 Å². The van der Waals surface area contributed by atoms with Crippen molar-refractivity contribution in [2.75, 3.05) is 5.73 Å². The Bertz CT molecular complexity index is 1040. The van der Waals surface area contributed by atoms with Crippen molar-refractivity contribution in [1.82, 2.24) is 15.5 Å². The van der Waals surface area contributed by atoms with E-state index < -0.39 is 35.0 Å². The number of hydrogen-bond donors (Lipinski definition) is 3. The summed E-state index contributed by atoms with van der Waals surface area (Å²) in [4.78, 5) is 38.9. The van der Waals surface area contributed by atoms with Crippen LogP contribution in [-0.2, 0) is 9.53 Å². The Morgan fingerprint density at radius 3 is 2.60 bits per heavy atom. The number of aromatic nitrogens is 2. The molecule has 1 heterocycles. The monoisotopic (exact) mass is 484 g/mol. The number of rotatable bonds is 3. The number of ether oxygens (including phenoxy) is 1. The van der Waals surface area contributed by atoms with Gasteiger partial charge in [-0.1, -0.05) is 33.8 Å². The fraction of sp³-hybridized carbons (Fsp3) is 0.654. The number of aliphatic hydroxyl groups excluding tert-OH is 1. The number of carbonyl (C=O) groups is 3. The molecule has 4 N–H and O–H groups in total. The van der Waals surface area contributed by atoms with E-state index in [1.165, 1.54) is 12.1 Å². The van der Waals surface area contributed by atoms with Gasteiger partial charge < -0.3 is 15.6 Å². The molecule has 190 valence electrons. The lowest BCUT2D eigenvalue weighted by molar-refractivity contribution is -0.191. The van der Waals surface area contributed by atoms with E-state index in [0.717, 1.165) is 19.3 Å². The number of imide groups is 1. The molecule has 0 aromatic carbocycles. The number of carbonyl (C=O) groups excluding carboxylic acids is 3. The van der Waals surface area contributed by atoms with Crippen LogP contribution in [0.25, 0.3) is 0 Å². The zero-order chi connectivity index (χ0) is 25.8. The van der Waals surface area contributed by atoms with E-state index >= 15 is 0 Å². The lowest BCUT2D eigenvalue weighted by Gasteiger charge is -2.61. The summed E-state index contributed by atoms with van der Waals surface area (Å²) in [7, 11) is 0. The first-order chi connectivity index (χ1) is 16.4. The van der Waals surface area contributed by atoms with Crippen LogP contribution >= 0.6 is 0 Å². The molecule has 0 spiro atoms. The van der Waals surface area contributed by atoms with Gasteiger partial charge in [0.15, 0.2) is 5.69 Å². The molecule has 3 saturated carbocycles. The van der Waals surface area contributed by atoms with Gasteiger partial charge >= 0.3 is 6.09 Å². The van der Waals surface area contributed by atoms with Crippen molar-refractivity contribution in [1.29, 1.82) is 0 Å². The van der Waals surface area contributed by atoms with E-state index in [2.05, 4.69) is 35.9 Å². The number of Topliss-reactive ketones (excluding diaryl/α,β-unsaturated/α-hetero) is 1. The van der Waals surface area contributed by atoms with Crippen molar-refractivity contribution in [3.05, 3.63) is 30.5 Å². The van der Waals surface area contributed by atoms with Crippen LogP contribution in [0, 0.1) is 34.0 Å². The molecule has 3 fully saturated rings. The first kappa shape index (κ1) is 25.3. The summed E-state index contributed by atoms with van der Waals surface area (Å²) in [5.74, 6) is -0.803.